The Morgan fingerprint density at radius 1 is 1.13 bits per heavy atom. The zero-order chi connectivity index (χ0) is 20.5. The van der Waals surface area contributed by atoms with Gasteiger partial charge in [0.25, 0.3) is 0 Å². The summed E-state index contributed by atoms with van der Waals surface area (Å²) < 4.78 is 24.0. The van der Waals surface area contributed by atoms with Crippen LogP contribution in [0.25, 0.3) is 11.4 Å². The molecule has 1 aromatic heterocycles. The maximum absolute atomic E-state index is 13.5. The standard InChI is InChI=1S/C23H25FN4OS/c24-20-9-7-18(8-10-20)22-25-28(23(30)27(22)15-21-6-3-13-29-21)16-26-12-11-17-4-1-2-5-19(17)14-26/h1-2,4-5,7-10,21H,3,6,11-16H2/p+1/t21-/m0/s1. The number of nitrogens with zero attached hydrogens (tertiary/aromatic N) is 3. The van der Waals surface area contributed by atoms with Crippen LogP contribution in [0.4, 0.5) is 4.39 Å². The minimum absolute atomic E-state index is 0.155. The third-order valence-electron chi connectivity index (χ3n) is 6.12. The van der Waals surface area contributed by atoms with Gasteiger partial charge in [-0.15, -0.1) is 5.10 Å². The molecule has 0 amide bonds. The summed E-state index contributed by atoms with van der Waals surface area (Å²) in [4.78, 5) is 1.44. The van der Waals surface area contributed by atoms with Gasteiger partial charge in [-0.3, -0.25) is 4.57 Å². The first kappa shape index (κ1) is 19.6. The van der Waals surface area contributed by atoms with Crippen LogP contribution >= 0.6 is 12.2 Å². The minimum atomic E-state index is -0.251. The van der Waals surface area contributed by atoms with Crippen LogP contribution in [0.1, 0.15) is 24.0 Å². The first-order chi connectivity index (χ1) is 14.7. The van der Waals surface area contributed by atoms with Crippen molar-refractivity contribution >= 4 is 12.2 Å². The Hall–Kier alpha value is -2.35. The monoisotopic (exact) mass is 425 g/mol. The largest absolute Gasteiger partial charge is 0.376 e. The third kappa shape index (κ3) is 3.97. The van der Waals surface area contributed by atoms with Crippen LogP contribution in [-0.4, -0.2) is 33.6 Å². The Morgan fingerprint density at radius 3 is 2.70 bits per heavy atom. The lowest BCUT2D eigenvalue weighted by atomic mass is 10.0. The van der Waals surface area contributed by atoms with Crippen molar-refractivity contribution in [1.29, 1.82) is 0 Å². The first-order valence-corrected chi connectivity index (χ1v) is 11.0. The molecular weight excluding hydrogens is 399 g/mol. The SMILES string of the molecule is Fc1ccc(-c2nn(C[NH+]3CCc4ccccc4C3)c(=S)n2C[C@@H]2CCCO2)cc1. The highest BCUT2D eigenvalue weighted by Crippen LogP contribution is 2.22. The molecule has 1 fully saturated rings. The molecule has 1 unspecified atom stereocenters. The number of nitrogens with one attached hydrogen (secondary N) is 1. The minimum Gasteiger partial charge on any atom is -0.376 e. The van der Waals surface area contributed by atoms with Crippen LogP contribution in [0, 0.1) is 10.6 Å². The zero-order valence-electron chi connectivity index (χ0n) is 16.9. The van der Waals surface area contributed by atoms with Gasteiger partial charge in [-0.1, -0.05) is 24.3 Å². The third-order valence-corrected chi connectivity index (χ3v) is 6.55. The van der Waals surface area contributed by atoms with Crippen molar-refractivity contribution in [3.8, 4) is 11.4 Å². The number of hydrogen-bond acceptors (Lipinski definition) is 3. The fourth-order valence-corrected chi connectivity index (χ4v) is 4.77. The average Bonchev–Trinajstić information content (AvgIpc) is 3.38. The van der Waals surface area contributed by atoms with Gasteiger partial charge in [0.15, 0.2) is 12.5 Å². The van der Waals surface area contributed by atoms with E-state index >= 15 is 0 Å². The van der Waals surface area contributed by atoms with Crippen molar-refractivity contribution < 1.29 is 14.0 Å². The number of quaternary nitrogens is 1. The smallest absolute Gasteiger partial charge is 0.203 e. The van der Waals surface area contributed by atoms with Crippen molar-refractivity contribution in [3.05, 3.63) is 70.2 Å². The van der Waals surface area contributed by atoms with Crippen molar-refractivity contribution in [2.45, 2.75) is 45.1 Å². The van der Waals surface area contributed by atoms with Crippen LogP contribution < -0.4 is 4.90 Å². The molecule has 3 heterocycles. The van der Waals surface area contributed by atoms with Crippen molar-refractivity contribution in [2.75, 3.05) is 13.2 Å². The van der Waals surface area contributed by atoms with Crippen molar-refractivity contribution in [1.82, 2.24) is 14.3 Å². The molecule has 2 aromatic carbocycles. The van der Waals surface area contributed by atoms with Gasteiger partial charge in [0.1, 0.15) is 12.4 Å². The predicted octanol–water partition coefficient (Wildman–Crippen LogP) is 3.00. The number of benzene rings is 2. The molecule has 1 N–H and O–H groups in total. The van der Waals surface area contributed by atoms with Crippen LogP contribution in [0.15, 0.2) is 48.5 Å². The number of ether oxygens (including phenoxy) is 1. The van der Waals surface area contributed by atoms with Gasteiger partial charge in [-0.05, 0) is 54.9 Å². The van der Waals surface area contributed by atoms with Gasteiger partial charge in [0, 0.05) is 24.2 Å². The van der Waals surface area contributed by atoms with Gasteiger partial charge in [-0.2, -0.15) is 4.68 Å². The maximum Gasteiger partial charge on any atom is 0.203 e. The quantitative estimate of drug-likeness (QED) is 0.639. The number of rotatable bonds is 5. The molecule has 0 saturated carbocycles. The Morgan fingerprint density at radius 2 is 1.93 bits per heavy atom. The Kier molecular flexibility index (Phi) is 5.50. The van der Waals surface area contributed by atoms with Gasteiger partial charge in [0.2, 0.25) is 4.77 Å². The molecule has 0 spiro atoms. The number of halogens is 1. The number of fused-ring (bicyclic) bond motifs is 1. The molecule has 0 bridgehead atoms. The van der Waals surface area contributed by atoms with Crippen LogP contribution in [-0.2, 0) is 30.9 Å². The highest BCUT2D eigenvalue weighted by molar-refractivity contribution is 7.71. The molecule has 2 atom stereocenters. The van der Waals surface area contributed by atoms with Crippen molar-refractivity contribution in [3.63, 3.8) is 0 Å². The van der Waals surface area contributed by atoms with Gasteiger partial charge < -0.3 is 9.64 Å². The second kappa shape index (κ2) is 8.41. The molecule has 156 valence electrons. The van der Waals surface area contributed by atoms with E-state index in [4.69, 9.17) is 22.1 Å². The highest BCUT2D eigenvalue weighted by atomic mass is 32.1. The van der Waals surface area contributed by atoms with Gasteiger partial charge in [0.05, 0.1) is 19.2 Å². The fourth-order valence-electron chi connectivity index (χ4n) is 4.50. The zero-order valence-corrected chi connectivity index (χ0v) is 17.7. The van der Waals surface area contributed by atoms with Crippen LogP contribution in [0.3, 0.4) is 0 Å². The lowest BCUT2D eigenvalue weighted by Gasteiger charge is -2.25. The van der Waals surface area contributed by atoms with Crippen LogP contribution in [0.2, 0.25) is 0 Å². The van der Waals surface area contributed by atoms with Gasteiger partial charge in [-0.25, -0.2) is 4.39 Å². The molecule has 0 radical (unpaired) electrons. The number of hydrogen-bond donors (Lipinski definition) is 1. The summed E-state index contributed by atoms with van der Waals surface area (Å²) in [5, 5.41) is 4.88. The fraction of sp³-hybridized carbons (Fsp3) is 0.391. The predicted molar refractivity (Wildman–Crippen MR) is 115 cm³/mol. The molecular formula is C23H26FN4OS+. The second-order valence-electron chi connectivity index (χ2n) is 8.21. The van der Waals surface area contributed by atoms with Crippen LogP contribution in [0.5, 0.6) is 0 Å². The van der Waals surface area contributed by atoms with Gasteiger partial charge >= 0.3 is 0 Å². The molecule has 2 aliphatic heterocycles. The van der Waals surface area contributed by atoms with E-state index in [1.54, 1.807) is 12.1 Å². The Bertz CT molecular complexity index is 1090. The summed E-state index contributed by atoms with van der Waals surface area (Å²) in [7, 11) is 0. The molecule has 2 aliphatic rings. The van der Waals surface area contributed by atoms with E-state index in [0.717, 1.165) is 57.0 Å². The van der Waals surface area contributed by atoms with E-state index in [0.29, 0.717) is 11.3 Å². The summed E-state index contributed by atoms with van der Waals surface area (Å²) in [5.41, 5.74) is 3.72. The summed E-state index contributed by atoms with van der Waals surface area (Å²) >= 11 is 5.84. The number of aromatic nitrogens is 3. The molecule has 1 saturated heterocycles. The molecule has 7 heteroatoms. The maximum atomic E-state index is 13.5. The lowest BCUT2D eigenvalue weighted by Crippen LogP contribution is -3.11. The molecule has 0 aliphatic carbocycles. The van der Waals surface area contributed by atoms with E-state index in [1.807, 2.05) is 4.68 Å². The summed E-state index contributed by atoms with van der Waals surface area (Å²) in [6, 6.07) is 15.1. The van der Waals surface area contributed by atoms with E-state index in [-0.39, 0.29) is 11.9 Å². The Labute approximate surface area is 180 Å². The first-order valence-electron chi connectivity index (χ1n) is 10.6. The summed E-state index contributed by atoms with van der Waals surface area (Å²) in [6.07, 6.45) is 3.34. The normalized spacial score (nSPS) is 21.0. The molecule has 5 nitrogen and oxygen atoms in total. The summed E-state index contributed by atoms with van der Waals surface area (Å²) in [6.45, 7) is 4.24. The van der Waals surface area contributed by atoms with E-state index in [1.165, 1.54) is 28.2 Å². The molecule has 30 heavy (non-hydrogen) atoms. The summed E-state index contributed by atoms with van der Waals surface area (Å²) in [5.74, 6) is 0.534. The average molecular weight is 426 g/mol. The van der Waals surface area contributed by atoms with E-state index < -0.39 is 0 Å². The van der Waals surface area contributed by atoms with Crippen molar-refractivity contribution in [2.24, 2.45) is 0 Å². The van der Waals surface area contributed by atoms with E-state index in [2.05, 4.69) is 28.8 Å². The highest BCUT2D eigenvalue weighted by Gasteiger charge is 2.24. The lowest BCUT2D eigenvalue weighted by molar-refractivity contribution is -0.939. The molecule has 3 aromatic rings. The van der Waals surface area contributed by atoms with E-state index in [9.17, 15) is 4.39 Å². The Balaban J connectivity index is 1.45. The second-order valence-corrected chi connectivity index (χ2v) is 8.58. The topological polar surface area (TPSA) is 36.4 Å². The molecule has 5 rings (SSSR count).